The van der Waals surface area contributed by atoms with Gasteiger partial charge in [-0.2, -0.15) is 0 Å². The van der Waals surface area contributed by atoms with E-state index in [1.165, 1.54) is 5.52 Å². The summed E-state index contributed by atoms with van der Waals surface area (Å²) in [6.07, 6.45) is 1.55. The van der Waals surface area contributed by atoms with Gasteiger partial charge in [0.2, 0.25) is 0 Å². The summed E-state index contributed by atoms with van der Waals surface area (Å²) in [5, 5.41) is 0. The van der Waals surface area contributed by atoms with Crippen molar-refractivity contribution >= 4 is 11.0 Å². The molecule has 0 fully saturated rings. The first-order valence-corrected chi connectivity index (χ1v) is 6.44. The second-order valence-corrected chi connectivity index (χ2v) is 4.27. The van der Waals surface area contributed by atoms with Crippen LogP contribution < -0.4 is 5.73 Å². The van der Waals surface area contributed by atoms with Crippen molar-refractivity contribution in [1.82, 2.24) is 9.55 Å². The number of imidazole rings is 1. The molecule has 0 aliphatic heterocycles. The zero-order valence-corrected chi connectivity index (χ0v) is 11.0. The minimum atomic E-state index is -0.0237. The predicted molar refractivity (Wildman–Crippen MR) is 75.2 cm³/mol. The van der Waals surface area contributed by atoms with Crippen LogP contribution in [0, 0.1) is 11.8 Å². The molecule has 3 heteroatoms. The molecule has 0 spiro atoms. The van der Waals surface area contributed by atoms with Crippen LogP contribution in [-0.4, -0.2) is 15.6 Å². The van der Waals surface area contributed by atoms with E-state index in [0.29, 0.717) is 6.42 Å². The molecule has 0 aliphatic rings. The van der Waals surface area contributed by atoms with Gasteiger partial charge in [-0.05, 0) is 25.5 Å². The quantitative estimate of drug-likeness (QED) is 0.838. The molecule has 1 aromatic heterocycles. The Morgan fingerprint density at radius 3 is 2.83 bits per heavy atom. The lowest BCUT2D eigenvalue weighted by atomic mass is 10.2. The topological polar surface area (TPSA) is 43.8 Å². The molecule has 1 heterocycles. The van der Waals surface area contributed by atoms with Crippen LogP contribution in [0.1, 0.15) is 26.1 Å². The monoisotopic (exact) mass is 241 g/mol. The van der Waals surface area contributed by atoms with Gasteiger partial charge in [-0.3, -0.25) is 0 Å². The normalized spacial score (nSPS) is 12.2. The van der Waals surface area contributed by atoms with Gasteiger partial charge < -0.3 is 10.3 Å². The maximum atomic E-state index is 5.78. The molecule has 0 saturated carbocycles. The van der Waals surface area contributed by atoms with Gasteiger partial charge in [0.15, 0.2) is 0 Å². The van der Waals surface area contributed by atoms with Crippen molar-refractivity contribution < 1.29 is 0 Å². The fraction of sp³-hybridized carbons (Fsp3) is 0.400. The Morgan fingerprint density at radius 1 is 1.33 bits per heavy atom. The smallest absolute Gasteiger partial charge is 0.121 e. The second kappa shape index (κ2) is 5.70. The fourth-order valence-electron chi connectivity index (χ4n) is 1.98. The third-order valence-corrected chi connectivity index (χ3v) is 3.02. The molecule has 1 aromatic carbocycles. The first kappa shape index (κ1) is 12.7. The number of aromatic nitrogens is 2. The largest absolute Gasteiger partial charge is 0.327 e. The number of hydrogen-bond acceptors (Lipinski definition) is 2. The highest BCUT2D eigenvalue weighted by Crippen LogP contribution is 2.15. The number of nitrogens with two attached hydrogens (primary N) is 1. The second-order valence-electron chi connectivity index (χ2n) is 4.27. The lowest BCUT2D eigenvalue weighted by molar-refractivity contribution is 0.740. The number of nitrogens with zero attached hydrogens (tertiary/aromatic N) is 2. The first-order chi connectivity index (χ1) is 8.76. The molecule has 3 nitrogen and oxygen atoms in total. The lowest BCUT2D eigenvalue weighted by Gasteiger charge is -2.02. The Kier molecular flexibility index (Phi) is 4.01. The average molecular weight is 241 g/mol. The molecule has 1 atom stereocenters. The van der Waals surface area contributed by atoms with E-state index in [2.05, 4.69) is 34.4 Å². The summed E-state index contributed by atoms with van der Waals surface area (Å²) in [5.74, 6) is 7.20. The minimum Gasteiger partial charge on any atom is -0.327 e. The average Bonchev–Trinajstić information content (AvgIpc) is 2.75. The SMILES string of the molecule is CCC(N)C#CCc1nc2ccccc2n1CC. The van der Waals surface area contributed by atoms with Crippen LogP contribution in [0.15, 0.2) is 24.3 Å². The van der Waals surface area contributed by atoms with Gasteiger partial charge in [-0.1, -0.05) is 30.9 Å². The van der Waals surface area contributed by atoms with Crippen LogP contribution in [0.2, 0.25) is 0 Å². The summed E-state index contributed by atoms with van der Waals surface area (Å²) in [6, 6.07) is 8.16. The third-order valence-electron chi connectivity index (χ3n) is 3.02. The van der Waals surface area contributed by atoms with Gasteiger partial charge in [0, 0.05) is 6.54 Å². The van der Waals surface area contributed by atoms with Gasteiger partial charge >= 0.3 is 0 Å². The number of rotatable bonds is 3. The Hall–Kier alpha value is -1.79. The highest BCUT2D eigenvalue weighted by Gasteiger charge is 2.07. The molecular weight excluding hydrogens is 222 g/mol. The number of benzene rings is 1. The standard InChI is InChI=1S/C15H19N3/c1-3-12(16)8-7-11-15-17-13-9-5-6-10-14(13)18(15)4-2/h5-6,9-10,12H,3-4,11,16H2,1-2H3. The highest BCUT2D eigenvalue weighted by molar-refractivity contribution is 5.75. The molecular formula is C15H19N3. The maximum absolute atomic E-state index is 5.78. The zero-order valence-electron chi connectivity index (χ0n) is 11.0. The van der Waals surface area contributed by atoms with Crippen LogP contribution >= 0.6 is 0 Å². The molecule has 0 saturated heterocycles. The molecule has 0 aliphatic carbocycles. The van der Waals surface area contributed by atoms with E-state index in [-0.39, 0.29) is 6.04 Å². The van der Waals surface area contributed by atoms with E-state index < -0.39 is 0 Å². The Balaban J connectivity index is 2.29. The summed E-state index contributed by atoms with van der Waals surface area (Å²) >= 11 is 0. The first-order valence-electron chi connectivity index (χ1n) is 6.44. The van der Waals surface area contributed by atoms with Crippen molar-refractivity contribution in [2.24, 2.45) is 5.73 Å². The molecule has 18 heavy (non-hydrogen) atoms. The lowest BCUT2D eigenvalue weighted by Crippen LogP contribution is -2.15. The highest BCUT2D eigenvalue weighted by atomic mass is 15.1. The molecule has 0 bridgehead atoms. The molecule has 2 aromatic rings. The van der Waals surface area contributed by atoms with Crippen LogP contribution in [0.25, 0.3) is 11.0 Å². The summed E-state index contributed by atoms with van der Waals surface area (Å²) < 4.78 is 2.21. The van der Waals surface area contributed by atoms with Crippen molar-refractivity contribution in [2.75, 3.05) is 0 Å². The zero-order chi connectivity index (χ0) is 13.0. The molecule has 94 valence electrons. The van der Waals surface area contributed by atoms with Crippen LogP contribution in [0.5, 0.6) is 0 Å². The Bertz CT molecular complexity index is 587. The van der Waals surface area contributed by atoms with Gasteiger partial charge in [-0.25, -0.2) is 4.98 Å². The van der Waals surface area contributed by atoms with E-state index in [4.69, 9.17) is 5.73 Å². The van der Waals surface area contributed by atoms with E-state index >= 15 is 0 Å². The van der Waals surface area contributed by atoms with Crippen molar-refractivity contribution in [2.45, 2.75) is 39.3 Å². The minimum absolute atomic E-state index is 0.0237. The van der Waals surface area contributed by atoms with Crippen molar-refractivity contribution in [3.05, 3.63) is 30.1 Å². The molecule has 0 amide bonds. The van der Waals surface area contributed by atoms with Crippen LogP contribution in [-0.2, 0) is 13.0 Å². The summed E-state index contributed by atoms with van der Waals surface area (Å²) in [5.41, 5.74) is 8.00. The third kappa shape index (κ3) is 2.55. The molecule has 0 radical (unpaired) electrons. The Labute approximate surface area is 108 Å². The van der Waals surface area contributed by atoms with Crippen molar-refractivity contribution in [3.8, 4) is 11.8 Å². The van der Waals surface area contributed by atoms with Gasteiger partial charge in [-0.15, -0.1) is 0 Å². The Morgan fingerprint density at radius 2 is 2.11 bits per heavy atom. The number of hydrogen-bond donors (Lipinski definition) is 1. The summed E-state index contributed by atoms with van der Waals surface area (Å²) in [6.45, 7) is 5.08. The predicted octanol–water partition coefficient (Wildman–Crippen LogP) is 2.34. The van der Waals surface area contributed by atoms with Crippen LogP contribution in [0.3, 0.4) is 0 Å². The molecule has 2 rings (SSSR count). The summed E-state index contributed by atoms with van der Waals surface area (Å²) in [4.78, 5) is 4.63. The molecule has 1 unspecified atom stereocenters. The van der Waals surface area contributed by atoms with E-state index in [1.807, 2.05) is 25.1 Å². The van der Waals surface area contributed by atoms with Crippen LogP contribution in [0.4, 0.5) is 0 Å². The molecule has 2 N–H and O–H groups in total. The van der Waals surface area contributed by atoms with Gasteiger partial charge in [0.05, 0.1) is 23.5 Å². The number of aryl methyl sites for hydroxylation is 1. The van der Waals surface area contributed by atoms with E-state index in [9.17, 15) is 0 Å². The van der Waals surface area contributed by atoms with Crippen molar-refractivity contribution in [3.63, 3.8) is 0 Å². The fourth-order valence-corrected chi connectivity index (χ4v) is 1.98. The van der Waals surface area contributed by atoms with Crippen molar-refractivity contribution in [1.29, 1.82) is 0 Å². The van der Waals surface area contributed by atoms with E-state index in [0.717, 1.165) is 24.3 Å². The number of fused-ring (bicyclic) bond motifs is 1. The maximum Gasteiger partial charge on any atom is 0.121 e. The summed E-state index contributed by atoms with van der Waals surface area (Å²) in [7, 11) is 0. The van der Waals surface area contributed by atoms with Gasteiger partial charge in [0.25, 0.3) is 0 Å². The van der Waals surface area contributed by atoms with Gasteiger partial charge in [0.1, 0.15) is 5.82 Å². The van der Waals surface area contributed by atoms with E-state index in [1.54, 1.807) is 0 Å². The number of para-hydroxylation sites is 2.